The lowest BCUT2D eigenvalue weighted by Gasteiger charge is -2.25. The van der Waals surface area contributed by atoms with Crippen LogP contribution in [0.2, 0.25) is 5.02 Å². The predicted molar refractivity (Wildman–Crippen MR) is 123 cm³/mol. The third kappa shape index (κ3) is 5.92. The standard InChI is InChI=1S/C22H19BrClFN2O3S/c1-26(20-10-8-19(25)9-11-20)22(28)15-27(14-16-2-6-18(24)7-3-16)31(29,30)21-12-4-17(23)5-13-21/h2-13H,14-15H2,1H3. The van der Waals surface area contributed by atoms with Gasteiger partial charge in [0.15, 0.2) is 0 Å². The van der Waals surface area contributed by atoms with Crippen molar-refractivity contribution < 1.29 is 17.6 Å². The Hall–Kier alpha value is -2.26. The molecule has 162 valence electrons. The van der Waals surface area contributed by atoms with E-state index in [-0.39, 0.29) is 11.4 Å². The lowest BCUT2D eigenvalue weighted by molar-refractivity contribution is -0.118. The largest absolute Gasteiger partial charge is 0.314 e. The summed E-state index contributed by atoms with van der Waals surface area (Å²) in [5.41, 5.74) is 1.14. The molecule has 0 radical (unpaired) electrons. The van der Waals surface area contributed by atoms with Crippen LogP contribution >= 0.6 is 27.5 Å². The van der Waals surface area contributed by atoms with Crippen LogP contribution in [0, 0.1) is 5.82 Å². The van der Waals surface area contributed by atoms with E-state index in [2.05, 4.69) is 15.9 Å². The third-order valence-electron chi connectivity index (χ3n) is 4.62. The highest BCUT2D eigenvalue weighted by Gasteiger charge is 2.28. The Morgan fingerprint density at radius 1 is 0.968 bits per heavy atom. The Labute approximate surface area is 194 Å². The van der Waals surface area contributed by atoms with Crippen LogP contribution < -0.4 is 4.90 Å². The number of carbonyl (C=O) groups excluding carboxylic acids is 1. The normalized spacial score (nSPS) is 11.5. The summed E-state index contributed by atoms with van der Waals surface area (Å²) >= 11 is 9.22. The van der Waals surface area contributed by atoms with Gasteiger partial charge in [-0.2, -0.15) is 4.31 Å². The molecule has 3 aromatic rings. The molecule has 0 bridgehead atoms. The molecule has 5 nitrogen and oxygen atoms in total. The Kier molecular flexibility index (Phi) is 7.48. The zero-order valence-electron chi connectivity index (χ0n) is 16.5. The van der Waals surface area contributed by atoms with Crippen molar-refractivity contribution in [2.45, 2.75) is 11.4 Å². The van der Waals surface area contributed by atoms with Crippen molar-refractivity contribution in [2.24, 2.45) is 0 Å². The maximum Gasteiger partial charge on any atom is 0.243 e. The van der Waals surface area contributed by atoms with Gasteiger partial charge in [0.25, 0.3) is 0 Å². The second kappa shape index (κ2) is 9.91. The smallest absolute Gasteiger partial charge is 0.243 e. The van der Waals surface area contributed by atoms with Gasteiger partial charge in [-0.05, 0) is 66.2 Å². The first-order valence-corrected chi connectivity index (χ1v) is 11.8. The molecular weight excluding hydrogens is 507 g/mol. The van der Waals surface area contributed by atoms with Gasteiger partial charge in [0.2, 0.25) is 15.9 Å². The van der Waals surface area contributed by atoms with Crippen LogP contribution in [-0.4, -0.2) is 32.2 Å². The van der Waals surface area contributed by atoms with Crippen LogP contribution in [-0.2, 0) is 21.4 Å². The van der Waals surface area contributed by atoms with Gasteiger partial charge in [0, 0.05) is 28.8 Å². The number of hydrogen-bond donors (Lipinski definition) is 0. The van der Waals surface area contributed by atoms with E-state index in [9.17, 15) is 17.6 Å². The van der Waals surface area contributed by atoms with E-state index in [0.717, 1.165) is 8.78 Å². The number of benzene rings is 3. The summed E-state index contributed by atoms with van der Waals surface area (Å²) in [6, 6.07) is 18.3. The molecule has 0 aliphatic heterocycles. The molecule has 0 saturated heterocycles. The fourth-order valence-corrected chi connectivity index (χ4v) is 4.61. The Morgan fingerprint density at radius 2 is 1.55 bits per heavy atom. The number of halogens is 3. The second-order valence-electron chi connectivity index (χ2n) is 6.78. The number of likely N-dealkylation sites (N-methyl/N-ethyl adjacent to an activating group) is 1. The number of rotatable bonds is 7. The number of nitrogens with zero attached hydrogens (tertiary/aromatic N) is 2. The number of hydrogen-bond acceptors (Lipinski definition) is 3. The number of anilines is 1. The first-order chi connectivity index (χ1) is 14.7. The van der Waals surface area contributed by atoms with E-state index in [1.807, 2.05) is 0 Å². The van der Waals surface area contributed by atoms with E-state index in [1.54, 1.807) is 36.4 Å². The van der Waals surface area contributed by atoms with E-state index in [4.69, 9.17) is 11.6 Å². The van der Waals surface area contributed by atoms with Crippen LogP contribution in [0.3, 0.4) is 0 Å². The lowest BCUT2D eigenvalue weighted by Crippen LogP contribution is -2.41. The monoisotopic (exact) mass is 524 g/mol. The van der Waals surface area contributed by atoms with Gasteiger partial charge in [0.1, 0.15) is 5.82 Å². The quantitative estimate of drug-likeness (QED) is 0.431. The Balaban J connectivity index is 1.90. The van der Waals surface area contributed by atoms with Crippen molar-refractivity contribution >= 4 is 49.1 Å². The van der Waals surface area contributed by atoms with Crippen LogP contribution in [0.1, 0.15) is 5.56 Å². The summed E-state index contributed by atoms with van der Waals surface area (Å²) in [6.07, 6.45) is 0. The molecular formula is C22H19BrClFN2O3S. The molecule has 0 aliphatic carbocycles. The SMILES string of the molecule is CN(C(=O)CN(Cc1ccc(Cl)cc1)S(=O)(=O)c1ccc(Br)cc1)c1ccc(F)cc1. The molecule has 0 aromatic heterocycles. The summed E-state index contributed by atoms with van der Waals surface area (Å²) in [4.78, 5) is 14.3. The molecule has 0 N–H and O–H groups in total. The van der Waals surface area contributed by atoms with Gasteiger partial charge < -0.3 is 4.90 Å². The highest BCUT2D eigenvalue weighted by molar-refractivity contribution is 9.10. The summed E-state index contributed by atoms with van der Waals surface area (Å²) in [7, 11) is -2.46. The minimum absolute atomic E-state index is 0.0153. The van der Waals surface area contributed by atoms with Gasteiger partial charge in [-0.25, -0.2) is 12.8 Å². The summed E-state index contributed by atoms with van der Waals surface area (Å²) in [5, 5.41) is 0.526. The lowest BCUT2D eigenvalue weighted by atomic mass is 10.2. The average molecular weight is 526 g/mol. The van der Waals surface area contributed by atoms with Crippen molar-refractivity contribution in [3.63, 3.8) is 0 Å². The summed E-state index contributed by atoms with van der Waals surface area (Å²) in [6.45, 7) is -0.409. The van der Waals surface area contributed by atoms with Crippen molar-refractivity contribution in [1.82, 2.24) is 4.31 Å². The maximum atomic E-state index is 13.3. The zero-order chi connectivity index (χ0) is 22.6. The molecule has 3 rings (SSSR count). The first kappa shape index (κ1) is 23.4. The topological polar surface area (TPSA) is 57.7 Å². The molecule has 0 fully saturated rings. The molecule has 0 unspecified atom stereocenters. The molecule has 0 aliphatic rings. The highest BCUT2D eigenvalue weighted by Crippen LogP contribution is 2.22. The number of sulfonamides is 1. The van der Waals surface area contributed by atoms with Gasteiger partial charge in [-0.3, -0.25) is 4.79 Å². The van der Waals surface area contributed by atoms with E-state index >= 15 is 0 Å². The first-order valence-electron chi connectivity index (χ1n) is 9.19. The highest BCUT2D eigenvalue weighted by atomic mass is 79.9. The van der Waals surface area contributed by atoms with Gasteiger partial charge in [-0.1, -0.05) is 39.7 Å². The van der Waals surface area contributed by atoms with Gasteiger partial charge in [-0.15, -0.1) is 0 Å². The third-order valence-corrected chi connectivity index (χ3v) is 7.21. The molecule has 0 atom stereocenters. The summed E-state index contributed by atoms with van der Waals surface area (Å²) in [5.74, 6) is -0.881. The van der Waals surface area contributed by atoms with Crippen molar-refractivity contribution in [1.29, 1.82) is 0 Å². The van der Waals surface area contributed by atoms with Crippen molar-refractivity contribution in [2.75, 3.05) is 18.5 Å². The molecule has 0 saturated carbocycles. The Bertz CT molecular complexity index is 1150. The molecule has 9 heteroatoms. The Morgan fingerprint density at radius 3 is 2.13 bits per heavy atom. The molecule has 1 amide bonds. The van der Waals surface area contributed by atoms with Crippen LogP contribution in [0.15, 0.2) is 82.2 Å². The fraction of sp³-hybridized carbons (Fsp3) is 0.136. The van der Waals surface area contributed by atoms with Crippen LogP contribution in [0.25, 0.3) is 0 Å². The fourth-order valence-electron chi connectivity index (χ4n) is 2.84. The number of carbonyl (C=O) groups is 1. The van der Waals surface area contributed by atoms with Crippen molar-refractivity contribution in [3.8, 4) is 0 Å². The number of amides is 1. The van der Waals surface area contributed by atoms with Crippen LogP contribution in [0.5, 0.6) is 0 Å². The van der Waals surface area contributed by atoms with E-state index < -0.39 is 28.3 Å². The average Bonchev–Trinajstić information content (AvgIpc) is 2.75. The molecule has 0 heterocycles. The van der Waals surface area contributed by atoms with Gasteiger partial charge >= 0.3 is 0 Å². The minimum Gasteiger partial charge on any atom is -0.314 e. The van der Waals surface area contributed by atoms with E-state index in [0.29, 0.717) is 16.3 Å². The van der Waals surface area contributed by atoms with E-state index in [1.165, 1.54) is 48.3 Å². The second-order valence-corrected chi connectivity index (χ2v) is 10.1. The minimum atomic E-state index is -3.97. The molecule has 0 spiro atoms. The predicted octanol–water partition coefficient (Wildman–Crippen LogP) is 5.10. The molecule has 31 heavy (non-hydrogen) atoms. The van der Waals surface area contributed by atoms with Gasteiger partial charge in [0.05, 0.1) is 11.4 Å². The van der Waals surface area contributed by atoms with Crippen molar-refractivity contribution in [3.05, 3.63) is 93.7 Å². The zero-order valence-corrected chi connectivity index (χ0v) is 19.7. The maximum absolute atomic E-state index is 13.3. The summed E-state index contributed by atoms with van der Waals surface area (Å²) < 4.78 is 41.7. The van der Waals surface area contributed by atoms with Crippen LogP contribution in [0.4, 0.5) is 10.1 Å². The molecule has 3 aromatic carbocycles.